The first-order chi connectivity index (χ1) is 5.54. The first kappa shape index (κ1) is 8.96. The van der Waals surface area contributed by atoms with E-state index >= 15 is 0 Å². The van der Waals surface area contributed by atoms with Crippen LogP contribution in [0.25, 0.3) is 0 Å². The minimum Gasteiger partial charge on any atom is -0.319 e. The summed E-state index contributed by atoms with van der Waals surface area (Å²) >= 11 is 0. The molecule has 0 radical (unpaired) electrons. The summed E-state index contributed by atoms with van der Waals surface area (Å²) in [7, 11) is -2.27. The Balaban J connectivity index is 3.22. The number of nitriles is 1. The summed E-state index contributed by atoms with van der Waals surface area (Å²) in [5, 5.41) is 9.20. The third-order valence-corrected chi connectivity index (χ3v) is 2.96. The molecular formula is C8H9N2OP. The van der Waals surface area contributed by atoms with E-state index in [9.17, 15) is 4.57 Å². The Labute approximate surface area is 71.4 Å². The van der Waals surface area contributed by atoms with Crippen molar-refractivity contribution in [1.82, 2.24) is 4.98 Å². The zero-order valence-electron chi connectivity index (χ0n) is 6.98. The van der Waals surface area contributed by atoms with Gasteiger partial charge in [-0.05, 0) is 19.4 Å². The van der Waals surface area contributed by atoms with Gasteiger partial charge in [-0.3, -0.25) is 4.98 Å². The van der Waals surface area contributed by atoms with Gasteiger partial charge in [0.2, 0.25) is 0 Å². The lowest BCUT2D eigenvalue weighted by atomic mass is 10.3. The molecule has 0 atom stereocenters. The lowest BCUT2D eigenvalue weighted by Gasteiger charge is -2.04. The van der Waals surface area contributed by atoms with Crippen molar-refractivity contribution in [2.75, 3.05) is 13.3 Å². The second kappa shape index (κ2) is 3.08. The van der Waals surface area contributed by atoms with Crippen LogP contribution < -0.4 is 5.30 Å². The van der Waals surface area contributed by atoms with Crippen LogP contribution in [-0.4, -0.2) is 18.3 Å². The zero-order valence-corrected chi connectivity index (χ0v) is 7.88. The Hall–Kier alpha value is -1.13. The fourth-order valence-corrected chi connectivity index (χ4v) is 1.58. The van der Waals surface area contributed by atoms with Gasteiger partial charge in [-0.15, -0.1) is 0 Å². The number of rotatable bonds is 1. The molecule has 1 aromatic rings. The van der Waals surface area contributed by atoms with E-state index in [0.717, 1.165) is 0 Å². The van der Waals surface area contributed by atoms with Gasteiger partial charge in [-0.1, -0.05) is 0 Å². The minimum atomic E-state index is -2.27. The van der Waals surface area contributed by atoms with Crippen LogP contribution in [-0.2, 0) is 4.57 Å². The average molecular weight is 180 g/mol. The van der Waals surface area contributed by atoms with Crippen molar-refractivity contribution in [3.63, 3.8) is 0 Å². The lowest BCUT2D eigenvalue weighted by Crippen LogP contribution is -2.04. The highest BCUT2D eigenvalue weighted by molar-refractivity contribution is 7.70. The Morgan fingerprint density at radius 2 is 2.17 bits per heavy atom. The fourth-order valence-electron chi connectivity index (χ4n) is 0.783. The molecule has 0 amide bonds. The molecule has 0 N–H and O–H groups in total. The molecule has 1 rings (SSSR count). The van der Waals surface area contributed by atoms with Crippen molar-refractivity contribution in [2.45, 2.75) is 0 Å². The largest absolute Gasteiger partial charge is 0.319 e. The van der Waals surface area contributed by atoms with Gasteiger partial charge >= 0.3 is 0 Å². The SMILES string of the molecule is CP(C)(=O)c1cncc(C#N)c1. The van der Waals surface area contributed by atoms with E-state index in [1.807, 2.05) is 6.07 Å². The third-order valence-electron chi connectivity index (χ3n) is 1.47. The molecule has 0 spiro atoms. The maximum atomic E-state index is 11.5. The molecule has 0 saturated carbocycles. The number of aromatic nitrogens is 1. The van der Waals surface area contributed by atoms with E-state index in [-0.39, 0.29) is 0 Å². The summed E-state index contributed by atoms with van der Waals surface area (Å²) in [5.74, 6) is 0. The van der Waals surface area contributed by atoms with Crippen LogP contribution in [0.2, 0.25) is 0 Å². The summed E-state index contributed by atoms with van der Waals surface area (Å²) in [4.78, 5) is 3.83. The first-order valence-corrected chi connectivity index (χ1v) is 6.05. The van der Waals surface area contributed by atoms with E-state index in [4.69, 9.17) is 5.26 Å². The summed E-state index contributed by atoms with van der Waals surface area (Å²) in [6.45, 7) is 3.32. The predicted octanol–water partition coefficient (Wildman–Crippen LogP) is 1.20. The van der Waals surface area contributed by atoms with Crippen LogP contribution in [0.4, 0.5) is 0 Å². The Morgan fingerprint density at radius 1 is 1.50 bits per heavy atom. The molecule has 0 aromatic carbocycles. The van der Waals surface area contributed by atoms with Gasteiger partial charge in [0.05, 0.1) is 5.56 Å². The Kier molecular flexibility index (Phi) is 2.30. The highest BCUT2D eigenvalue weighted by Crippen LogP contribution is 2.33. The van der Waals surface area contributed by atoms with Gasteiger partial charge in [0, 0.05) is 17.7 Å². The summed E-state index contributed by atoms with van der Waals surface area (Å²) < 4.78 is 11.5. The van der Waals surface area contributed by atoms with E-state index < -0.39 is 7.14 Å². The molecule has 0 aliphatic carbocycles. The molecule has 12 heavy (non-hydrogen) atoms. The maximum absolute atomic E-state index is 11.5. The van der Waals surface area contributed by atoms with E-state index in [1.54, 1.807) is 25.6 Å². The standard InChI is InChI=1S/C8H9N2OP/c1-12(2,11)8-3-7(4-9)5-10-6-8/h3,5-6H,1-2H3. The lowest BCUT2D eigenvalue weighted by molar-refractivity contribution is 0.588. The molecule has 0 aliphatic heterocycles. The van der Waals surface area contributed by atoms with Gasteiger partial charge in [-0.2, -0.15) is 5.26 Å². The molecule has 62 valence electrons. The quantitative estimate of drug-likeness (QED) is 0.610. The van der Waals surface area contributed by atoms with Crippen molar-refractivity contribution in [3.05, 3.63) is 24.0 Å². The van der Waals surface area contributed by atoms with Gasteiger partial charge < -0.3 is 4.57 Å². The monoisotopic (exact) mass is 180 g/mol. The summed E-state index contributed by atoms with van der Waals surface area (Å²) in [6, 6.07) is 3.57. The fraction of sp³-hybridized carbons (Fsp3) is 0.250. The molecule has 4 heteroatoms. The highest BCUT2D eigenvalue weighted by Gasteiger charge is 2.11. The number of hydrogen-bond acceptors (Lipinski definition) is 3. The average Bonchev–Trinajstić information content (AvgIpc) is 2.03. The van der Waals surface area contributed by atoms with E-state index in [2.05, 4.69) is 4.98 Å². The molecule has 0 unspecified atom stereocenters. The number of nitrogens with zero attached hydrogens (tertiary/aromatic N) is 2. The van der Waals surface area contributed by atoms with Crippen molar-refractivity contribution >= 4 is 12.4 Å². The van der Waals surface area contributed by atoms with Crippen LogP contribution in [0, 0.1) is 11.3 Å². The van der Waals surface area contributed by atoms with Crippen LogP contribution >= 0.6 is 7.14 Å². The molecule has 0 aliphatic rings. The van der Waals surface area contributed by atoms with Gasteiger partial charge in [0.15, 0.2) is 0 Å². The normalized spacial score (nSPS) is 10.8. The van der Waals surface area contributed by atoms with E-state index in [1.165, 1.54) is 6.20 Å². The zero-order chi connectivity index (χ0) is 9.19. The molecule has 1 heterocycles. The van der Waals surface area contributed by atoms with Gasteiger partial charge in [-0.25, -0.2) is 0 Å². The molecule has 0 fully saturated rings. The van der Waals surface area contributed by atoms with Gasteiger partial charge in [0.25, 0.3) is 0 Å². The van der Waals surface area contributed by atoms with E-state index in [0.29, 0.717) is 10.9 Å². The topological polar surface area (TPSA) is 53.8 Å². The van der Waals surface area contributed by atoms with Crippen LogP contribution in [0.3, 0.4) is 0 Å². The van der Waals surface area contributed by atoms with Crippen molar-refractivity contribution < 1.29 is 4.57 Å². The molecule has 3 nitrogen and oxygen atoms in total. The molecule has 1 aromatic heterocycles. The molecular weight excluding hydrogens is 171 g/mol. The van der Waals surface area contributed by atoms with Crippen LogP contribution in [0.1, 0.15) is 5.56 Å². The number of pyridine rings is 1. The summed E-state index contributed by atoms with van der Waals surface area (Å²) in [6.07, 6.45) is 3.00. The van der Waals surface area contributed by atoms with Crippen molar-refractivity contribution in [2.24, 2.45) is 0 Å². The summed E-state index contributed by atoms with van der Waals surface area (Å²) in [5.41, 5.74) is 0.455. The van der Waals surface area contributed by atoms with Crippen LogP contribution in [0.5, 0.6) is 0 Å². The maximum Gasteiger partial charge on any atom is 0.111 e. The first-order valence-electron chi connectivity index (χ1n) is 3.45. The second-order valence-electron chi connectivity index (χ2n) is 2.89. The second-order valence-corrected chi connectivity index (χ2v) is 6.11. The Morgan fingerprint density at radius 3 is 2.67 bits per heavy atom. The molecule has 0 saturated heterocycles. The van der Waals surface area contributed by atoms with Gasteiger partial charge in [0.1, 0.15) is 13.2 Å². The highest BCUT2D eigenvalue weighted by atomic mass is 31.2. The number of hydrogen-bond donors (Lipinski definition) is 0. The van der Waals surface area contributed by atoms with Crippen molar-refractivity contribution in [3.8, 4) is 6.07 Å². The van der Waals surface area contributed by atoms with Crippen LogP contribution in [0.15, 0.2) is 18.5 Å². The minimum absolute atomic E-state index is 0.455. The smallest absolute Gasteiger partial charge is 0.111 e. The Bertz CT molecular complexity index is 375. The third kappa shape index (κ3) is 1.93. The van der Waals surface area contributed by atoms with Crippen molar-refractivity contribution in [1.29, 1.82) is 5.26 Å². The molecule has 0 bridgehead atoms. The predicted molar refractivity (Wildman–Crippen MR) is 48.0 cm³/mol.